The molecule has 0 N–H and O–H groups in total. The molecule has 0 spiro atoms. The number of imidazole rings is 1. The Morgan fingerprint density at radius 3 is 3.00 bits per heavy atom. The largest absolute Gasteiger partial charge is 0.308 e. The van der Waals surface area contributed by atoms with Crippen LogP contribution >= 0.6 is 0 Å². The Bertz CT molecular complexity index is 282. The number of hydrogen-bond donors (Lipinski definition) is 0. The van der Waals surface area contributed by atoms with E-state index in [0.29, 0.717) is 5.92 Å². The zero-order valence-electron chi connectivity index (χ0n) is 6.75. The maximum atomic E-state index is 4.30. The molecule has 1 fully saturated rings. The van der Waals surface area contributed by atoms with Crippen molar-refractivity contribution in [2.24, 2.45) is 0 Å². The topological polar surface area (TPSA) is 17.8 Å². The van der Waals surface area contributed by atoms with Gasteiger partial charge in [0.2, 0.25) is 0 Å². The summed E-state index contributed by atoms with van der Waals surface area (Å²) in [5.74, 6) is 1.90. The van der Waals surface area contributed by atoms with Crippen molar-refractivity contribution in [2.45, 2.75) is 25.7 Å². The number of nitrogens with zero attached hydrogens (tertiary/aromatic N) is 2. The van der Waals surface area contributed by atoms with Gasteiger partial charge in [-0.1, -0.05) is 6.58 Å². The van der Waals surface area contributed by atoms with Crippen LogP contribution in [0.4, 0.5) is 0 Å². The van der Waals surface area contributed by atoms with Crippen LogP contribution in [0.5, 0.6) is 0 Å². The predicted molar refractivity (Wildman–Crippen MR) is 45.2 cm³/mol. The molecule has 1 saturated carbocycles. The Kier molecular flexibility index (Phi) is 1.34. The van der Waals surface area contributed by atoms with Gasteiger partial charge in [-0.05, 0) is 19.8 Å². The number of aromatic nitrogens is 2. The number of allylic oxidation sites excluding steroid dienone is 1. The van der Waals surface area contributed by atoms with Crippen LogP contribution in [0, 0.1) is 0 Å². The molecule has 1 aliphatic carbocycles. The van der Waals surface area contributed by atoms with Crippen LogP contribution in [0.1, 0.15) is 31.5 Å². The minimum absolute atomic E-state index is 0.710. The molecule has 0 radical (unpaired) electrons. The van der Waals surface area contributed by atoms with E-state index in [1.54, 1.807) is 0 Å². The van der Waals surface area contributed by atoms with Gasteiger partial charge in [0.1, 0.15) is 5.82 Å². The van der Waals surface area contributed by atoms with E-state index in [1.165, 1.54) is 18.7 Å². The van der Waals surface area contributed by atoms with E-state index < -0.39 is 0 Å². The molecule has 0 bridgehead atoms. The molecule has 1 aromatic rings. The zero-order chi connectivity index (χ0) is 7.84. The third-order valence-electron chi connectivity index (χ3n) is 2.02. The van der Waals surface area contributed by atoms with Crippen molar-refractivity contribution >= 4 is 5.70 Å². The lowest BCUT2D eigenvalue weighted by Gasteiger charge is -2.03. The van der Waals surface area contributed by atoms with Crippen molar-refractivity contribution in [3.8, 4) is 0 Å². The maximum Gasteiger partial charge on any atom is 0.116 e. The molecule has 0 unspecified atom stereocenters. The molecule has 2 rings (SSSR count). The van der Waals surface area contributed by atoms with Crippen LogP contribution < -0.4 is 0 Å². The third-order valence-corrected chi connectivity index (χ3v) is 2.02. The van der Waals surface area contributed by atoms with Crippen LogP contribution in [-0.4, -0.2) is 9.55 Å². The number of rotatable bonds is 2. The first-order valence-electron chi connectivity index (χ1n) is 3.98. The molecule has 2 heteroatoms. The molecule has 0 aliphatic heterocycles. The highest BCUT2D eigenvalue weighted by Gasteiger charge is 2.27. The Labute approximate surface area is 66.6 Å². The second kappa shape index (κ2) is 2.22. The molecule has 0 aromatic carbocycles. The van der Waals surface area contributed by atoms with Gasteiger partial charge in [-0.2, -0.15) is 0 Å². The predicted octanol–water partition coefficient (Wildman–Crippen LogP) is 2.25. The second-order valence-corrected chi connectivity index (χ2v) is 3.16. The van der Waals surface area contributed by atoms with E-state index in [9.17, 15) is 0 Å². The van der Waals surface area contributed by atoms with E-state index in [0.717, 1.165) is 5.70 Å². The second-order valence-electron chi connectivity index (χ2n) is 3.16. The molecular weight excluding hydrogens is 136 g/mol. The van der Waals surface area contributed by atoms with Gasteiger partial charge in [-0.25, -0.2) is 4.98 Å². The minimum Gasteiger partial charge on any atom is -0.308 e. The quantitative estimate of drug-likeness (QED) is 0.629. The molecule has 11 heavy (non-hydrogen) atoms. The van der Waals surface area contributed by atoms with Gasteiger partial charge in [-0.15, -0.1) is 0 Å². The van der Waals surface area contributed by atoms with Gasteiger partial charge >= 0.3 is 0 Å². The Balaban J connectivity index is 2.37. The maximum absolute atomic E-state index is 4.30. The van der Waals surface area contributed by atoms with Crippen molar-refractivity contribution in [3.05, 3.63) is 24.8 Å². The molecule has 0 amide bonds. The highest BCUT2D eigenvalue weighted by Crippen LogP contribution is 2.39. The number of hydrogen-bond acceptors (Lipinski definition) is 1. The van der Waals surface area contributed by atoms with Crippen LogP contribution in [0.25, 0.3) is 5.70 Å². The van der Waals surface area contributed by atoms with E-state index >= 15 is 0 Å². The normalized spacial score (nSPS) is 16.8. The molecule has 1 heterocycles. The lowest BCUT2D eigenvalue weighted by atomic mass is 10.4. The fraction of sp³-hybridized carbons (Fsp3) is 0.444. The first-order valence-corrected chi connectivity index (χ1v) is 3.98. The standard InChI is InChI=1S/C9H12N2/c1-7(2)11-6-5-10-9(11)8-3-4-8/h5-6,8H,1,3-4H2,2H3. The molecule has 1 aliphatic rings. The van der Waals surface area contributed by atoms with Crippen molar-refractivity contribution in [1.82, 2.24) is 9.55 Å². The van der Waals surface area contributed by atoms with Crippen LogP contribution in [-0.2, 0) is 0 Å². The Hall–Kier alpha value is -1.05. The molecular formula is C9H12N2. The van der Waals surface area contributed by atoms with Crippen LogP contribution in [0.3, 0.4) is 0 Å². The van der Waals surface area contributed by atoms with E-state index in [4.69, 9.17) is 0 Å². The summed E-state index contributed by atoms with van der Waals surface area (Å²) in [6, 6.07) is 0. The van der Waals surface area contributed by atoms with E-state index in [-0.39, 0.29) is 0 Å². The lowest BCUT2D eigenvalue weighted by Crippen LogP contribution is -1.96. The van der Waals surface area contributed by atoms with Crippen LogP contribution in [0.2, 0.25) is 0 Å². The van der Waals surface area contributed by atoms with Crippen molar-refractivity contribution < 1.29 is 0 Å². The van der Waals surface area contributed by atoms with Crippen LogP contribution in [0.15, 0.2) is 19.0 Å². The van der Waals surface area contributed by atoms with Gasteiger partial charge in [0.25, 0.3) is 0 Å². The molecule has 2 nitrogen and oxygen atoms in total. The summed E-state index contributed by atoms with van der Waals surface area (Å²) in [5.41, 5.74) is 1.06. The molecule has 58 valence electrons. The third kappa shape index (κ3) is 1.09. The highest BCUT2D eigenvalue weighted by molar-refractivity contribution is 5.40. The monoisotopic (exact) mass is 148 g/mol. The summed E-state index contributed by atoms with van der Waals surface area (Å²) < 4.78 is 2.08. The summed E-state index contributed by atoms with van der Waals surface area (Å²) in [5, 5.41) is 0. The molecule has 0 saturated heterocycles. The van der Waals surface area contributed by atoms with Gasteiger partial charge in [0.15, 0.2) is 0 Å². The Morgan fingerprint density at radius 1 is 1.73 bits per heavy atom. The fourth-order valence-corrected chi connectivity index (χ4v) is 1.28. The van der Waals surface area contributed by atoms with E-state index in [1.807, 2.05) is 19.3 Å². The highest BCUT2D eigenvalue weighted by atomic mass is 15.1. The summed E-state index contributed by atoms with van der Waals surface area (Å²) in [7, 11) is 0. The molecule has 1 aromatic heterocycles. The van der Waals surface area contributed by atoms with Crippen molar-refractivity contribution in [1.29, 1.82) is 0 Å². The first-order chi connectivity index (χ1) is 5.29. The first kappa shape index (κ1) is 6.65. The van der Waals surface area contributed by atoms with Crippen molar-refractivity contribution in [2.75, 3.05) is 0 Å². The minimum atomic E-state index is 0.710. The zero-order valence-corrected chi connectivity index (χ0v) is 6.75. The summed E-state index contributed by atoms with van der Waals surface area (Å²) in [6.07, 6.45) is 6.42. The van der Waals surface area contributed by atoms with Crippen molar-refractivity contribution in [3.63, 3.8) is 0 Å². The smallest absolute Gasteiger partial charge is 0.116 e. The van der Waals surface area contributed by atoms with Gasteiger partial charge in [0, 0.05) is 24.0 Å². The average molecular weight is 148 g/mol. The fourth-order valence-electron chi connectivity index (χ4n) is 1.28. The summed E-state index contributed by atoms with van der Waals surface area (Å²) in [4.78, 5) is 4.30. The van der Waals surface area contributed by atoms with E-state index in [2.05, 4.69) is 16.1 Å². The Morgan fingerprint density at radius 2 is 2.45 bits per heavy atom. The average Bonchev–Trinajstić information content (AvgIpc) is 2.68. The van der Waals surface area contributed by atoms with Gasteiger partial charge < -0.3 is 4.57 Å². The SMILES string of the molecule is C=C(C)n1ccnc1C1CC1. The molecule has 0 atom stereocenters. The lowest BCUT2D eigenvalue weighted by molar-refractivity contribution is 0.891. The van der Waals surface area contributed by atoms with Gasteiger partial charge in [0.05, 0.1) is 0 Å². The summed E-state index contributed by atoms with van der Waals surface area (Å²) in [6.45, 7) is 5.90. The summed E-state index contributed by atoms with van der Waals surface area (Å²) >= 11 is 0. The van der Waals surface area contributed by atoms with Gasteiger partial charge in [-0.3, -0.25) is 0 Å².